The number of hydrogen-bond donors (Lipinski definition) is 0. The van der Waals surface area contributed by atoms with Crippen LogP contribution >= 0.6 is 24.0 Å². The lowest BCUT2D eigenvalue weighted by molar-refractivity contribution is 0.206. The number of hydrogen-bond acceptors (Lipinski definition) is 3. The lowest BCUT2D eigenvalue weighted by atomic mass is 10.2. The number of likely N-dealkylation sites (N-methyl/N-ethyl adjacent to an activating group) is 1. The molecule has 144 valence electrons. The van der Waals surface area contributed by atoms with Crippen molar-refractivity contribution in [2.75, 3.05) is 38.1 Å². The molecule has 0 unspecified atom stereocenters. The second-order valence-electron chi connectivity index (χ2n) is 6.83. The van der Waals surface area contributed by atoms with Gasteiger partial charge in [-0.25, -0.2) is 4.79 Å². The third kappa shape index (κ3) is 4.15. The van der Waals surface area contributed by atoms with Gasteiger partial charge in [0.1, 0.15) is 5.75 Å². The normalized spacial score (nSPS) is 17.0. The van der Waals surface area contributed by atoms with Gasteiger partial charge in [-0.15, -0.1) is 12.4 Å². The van der Waals surface area contributed by atoms with Crippen molar-refractivity contribution >= 4 is 35.7 Å². The van der Waals surface area contributed by atoms with Crippen molar-refractivity contribution < 1.29 is 9.53 Å². The Hall–Kier alpha value is -1.95. The fourth-order valence-electron chi connectivity index (χ4n) is 3.47. The Kier molecular flexibility index (Phi) is 6.15. The van der Waals surface area contributed by atoms with E-state index in [2.05, 4.69) is 11.9 Å². The molecule has 0 spiro atoms. The van der Waals surface area contributed by atoms with Crippen LogP contribution in [0, 0.1) is 0 Å². The summed E-state index contributed by atoms with van der Waals surface area (Å²) in [7, 11) is 2.10. The molecule has 1 fully saturated rings. The molecule has 27 heavy (non-hydrogen) atoms. The van der Waals surface area contributed by atoms with Gasteiger partial charge in [-0.1, -0.05) is 29.8 Å². The molecular formula is C20H23Cl2N3O2. The summed E-state index contributed by atoms with van der Waals surface area (Å²) < 4.78 is 6.09. The SMILES string of the molecule is CN1CCCN(C(=O)N2Cc3ccccc3Oc3ccc(Cl)cc32)CC1.Cl. The summed E-state index contributed by atoms with van der Waals surface area (Å²) in [6.07, 6.45) is 0.978. The molecule has 0 aliphatic carbocycles. The number of benzene rings is 2. The number of anilines is 1. The molecule has 0 atom stereocenters. The summed E-state index contributed by atoms with van der Waals surface area (Å²) in [6.45, 7) is 3.85. The van der Waals surface area contributed by atoms with Crippen LogP contribution in [0.15, 0.2) is 42.5 Å². The summed E-state index contributed by atoms with van der Waals surface area (Å²) >= 11 is 6.23. The molecule has 0 N–H and O–H groups in total. The van der Waals surface area contributed by atoms with Crippen LogP contribution in [0.25, 0.3) is 0 Å². The molecule has 0 bridgehead atoms. The number of halogens is 2. The number of fused-ring (bicyclic) bond motifs is 2. The quantitative estimate of drug-likeness (QED) is 0.638. The highest BCUT2D eigenvalue weighted by Gasteiger charge is 2.29. The molecule has 1 saturated heterocycles. The summed E-state index contributed by atoms with van der Waals surface area (Å²) in [4.78, 5) is 19.4. The number of amides is 2. The predicted octanol–water partition coefficient (Wildman–Crippen LogP) is 4.63. The lowest BCUT2D eigenvalue weighted by Gasteiger charge is -2.29. The van der Waals surface area contributed by atoms with E-state index >= 15 is 0 Å². The van der Waals surface area contributed by atoms with Gasteiger partial charge < -0.3 is 14.5 Å². The smallest absolute Gasteiger partial charge is 0.324 e. The fraction of sp³-hybridized carbons (Fsp3) is 0.350. The maximum Gasteiger partial charge on any atom is 0.324 e. The van der Waals surface area contributed by atoms with Gasteiger partial charge in [0.15, 0.2) is 5.75 Å². The zero-order chi connectivity index (χ0) is 18.1. The molecule has 2 aliphatic rings. The largest absolute Gasteiger partial charge is 0.455 e. The number of rotatable bonds is 0. The molecule has 0 radical (unpaired) electrons. The Balaban J connectivity index is 0.00000210. The van der Waals surface area contributed by atoms with Gasteiger partial charge in [-0.2, -0.15) is 0 Å². The Morgan fingerprint density at radius 1 is 1.04 bits per heavy atom. The molecule has 5 nitrogen and oxygen atoms in total. The molecule has 2 aliphatic heterocycles. The average Bonchev–Trinajstić information content (AvgIpc) is 2.95. The molecule has 2 heterocycles. The predicted molar refractivity (Wildman–Crippen MR) is 110 cm³/mol. The fourth-order valence-corrected chi connectivity index (χ4v) is 3.64. The Morgan fingerprint density at radius 2 is 1.85 bits per heavy atom. The van der Waals surface area contributed by atoms with Crippen LogP contribution in [-0.4, -0.2) is 49.1 Å². The number of ether oxygens (including phenoxy) is 1. The van der Waals surface area contributed by atoms with E-state index in [4.69, 9.17) is 16.3 Å². The van der Waals surface area contributed by atoms with Crippen LogP contribution in [0.2, 0.25) is 5.02 Å². The molecular weight excluding hydrogens is 385 g/mol. The van der Waals surface area contributed by atoms with Crippen molar-refractivity contribution in [2.24, 2.45) is 0 Å². The lowest BCUT2D eigenvalue weighted by Crippen LogP contribution is -2.44. The van der Waals surface area contributed by atoms with Gasteiger partial charge in [0, 0.05) is 30.2 Å². The number of urea groups is 1. The standard InChI is InChI=1S/C20H22ClN3O2.ClH/c1-22-9-4-10-23(12-11-22)20(25)24-14-15-5-2-3-6-18(15)26-19-8-7-16(21)13-17(19)24;/h2-3,5-8,13H,4,9-12,14H2,1H3;1H. The highest BCUT2D eigenvalue weighted by Crippen LogP contribution is 2.40. The Labute approximate surface area is 170 Å². The Morgan fingerprint density at radius 3 is 2.70 bits per heavy atom. The van der Waals surface area contributed by atoms with Crippen molar-refractivity contribution in [1.82, 2.24) is 9.80 Å². The van der Waals surface area contributed by atoms with Crippen LogP contribution in [0.3, 0.4) is 0 Å². The first-order chi connectivity index (χ1) is 12.6. The first kappa shape index (κ1) is 19.8. The number of carbonyl (C=O) groups excluding carboxylic acids is 1. The van der Waals surface area contributed by atoms with Crippen molar-refractivity contribution in [1.29, 1.82) is 0 Å². The zero-order valence-corrected chi connectivity index (χ0v) is 16.8. The number of carbonyl (C=O) groups is 1. The van der Waals surface area contributed by atoms with E-state index in [0.717, 1.165) is 49.6 Å². The van der Waals surface area contributed by atoms with Crippen molar-refractivity contribution in [3.63, 3.8) is 0 Å². The van der Waals surface area contributed by atoms with Gasteiger partial charge in [0.25, 0.3) is 0 Å². The monoisotopic (exact) mass is 407 g/mol. The van der Waals surface area contributed by atoms with E-state index in [1.807, 2.05) is 41.3 Å². The van der Waals surface area contributed by atoms with E-state index in [-0.39, 0.29) is 18.4 Å². The maximum absolute atomic E-state index is 13.4. The summed E-state index contributed by atoms with van der Waals surface area (Å²) in [5.74, 6) is 1.43. The second-order valence-corrected chi connectivity index (χ2v) is 7.27. The van der Waals surface area contributed by atoms with Crippen molar-refractivity contribution in [3.8, 4) is 11.5 Å². The first-order valence-corrected chi connectivity index (χ1v) is 9.30. The second kappa shape index (κ2) is 8.38. The topological polar surface area (TPSA) is 36.0 Å². The maximum atomic E-state index is 13.4. The molecule has 0 aromatic heterocycles. The van der Waals surface area contributed by atoms with Gasteiger partial charge in [-0.05, 0) is 44.3 Å². The van der Waals surface area contributed by atoms with Crippen LogP contribution in [0.4, 0.5) is 10.5 Å². The molecule has 7 heteroatoms. The first-order valence-electron chi connectivity index (χ1n) is 8.92. The minimum Gasteiger partial charge on any atom is -0.455 e. The van der Waals surface area contributed by atoms with Gasteiger partial charge in [-0.3, -0.25) is 4.90 Å². The average molecular weight is 408 g/mol. The molecule has 4 rings (SSSR count). The van der Waals surface area contributed by atoms with Crippen molar-refractivity contribution in [3.05, 3.63) is 53.1 Å². The zero-order valence-electron chi connectivity index (χ0n) is 15.2. The van der Waals surface area contributed by atoms with E-state index in [1.54, 1.807) is 11.0 Å². The van der Waals surface area contributed by atoms with E-state index in [1.165, 1.54) is 0 Å². The minimum atomic E-state index is 0. The van der Waals surface area contributed by atoms with Crippen LogP contribution < -0.4 is 9.64 Å². The summed E-state index contributed by atoms with van der Waals surface area (Å²) in [6, 6.07) is 13.3. The molecule has 2 aromatic carbocycles. The van der Waals surface area contributed by atoms with Gasteiger partial charge in [0.05, 0.1) is 12.2 Å². The highest BCUT2D eigenvalue weighted by atomic mass is 35.5. The van der Waals surface area contributed by atoms with E-state index < -0.39 is 0 Å². The van der Waals surface area contributed by atoms with Gasteiger partial charge in [0.2, 0.25) is 0 Å². The van der Waals surface area contributed by atoms with E-state index in [0.29, 0.717) is 17.3 Å². The minimum absolute atomic E-state index is 0. The number of nitrogens with zero attached hydrogens (tertiary/aromatic N) is 3. The van der Waals surface area contributed by atoms with Crippen LogP contribution in [0.1, 0.15) is 12.0 Å². The highest BCUT2D eigenvalue weighted by molar-refractivity contribution is 6.31. The van der Waals surface area contributed by atoms with E-state index in [9.17, 15) is 4.79 Å². The molecule has 0 saturated carbocycles. The van der Waals surface area contributed by atoms with Crippen LogP contribution in [-0.2, 0) is 6.54 Å². The third-order valence-electron chi connectivity index (χ3n) is 4.95. The van der Waals surface area contributed by atoms with Crippen molar-refractivity contribution in [2.45, 2.75) is 13.0 Å². The van der Waals surface area contributed by atoms with Crippen LogP contribution in [0.5, 0.6) is 11.5 Å². The molecule has 2 aromatic rings. The Bertz CT molecular complexity index is 831. The summed E-state index contributed by atoms with van der Waals surface area (Å²) in [5, 5.41) is 0.590. The molecule has 2 amide bonds. The number of para-hydroxylation sites is 1. The summed E-state index contributed by atoms with van der Waals surface area (Å²) in [5.41, 5.74) is 1.71. The van der Waals surface area contributed by atoms with Gasteiger partial charge >= 0.3 is 6.03 Å². The third-order valence-corrected chi connectivity index (χ3v) is 5.19.